The summed E-state index contributed by atoms with van der Waals surface area (Å²) in [4.78, 5) is 32.3. The lowest BCUT2D eigenvalue weighted by Gasteiger charge is -2.41. The fourth-order valence-electron chi connectivity index (χ4n) is 8.39. The van der Waals surface area contributed by atoms with E-state index < -0.39 is 21.5 Å². The number of hydrogen-bond donors (Lipinski definition) is 2. The predicted octanol–water partition coefficient (Wildman–Crippen LogP) is 4.64. The molecule has 0 spiro atoms. The van der Waals surface area contributed by atoms with Gasteiger partial charge in [0, 0.05) is 55.2 Å². The zero-order valence-electron chi connectivity index (χ0n) is 27.0. The van der Waals surface area contributed by atoms with Crippen LogP contribution in [-0.4, -0.2) is 81.0 Å². The Morgan fingerprint density at radius 2 is 1.63 bits per heavy atom. The maximum absolute atomic E-state index is 14.5. The van der Waals surface area contributed by atoms with Gasteiger partial charge >= 0.3 is 10.2 Å². The van der Waals surface area contributed by atoms with Crippen molar-refractivity contribution in [3.63, 3.8) is 0 Å². The molecule has 2 aliphatic heterocycles. The number of nitrogens with one attached hydrogen (secondary N) is 2. The van der Waals surface area contributed by atoms with E-state index >= 15 is 0 Å². The minimum absolute atomic E-state index is 0.259. The number of likely N-dealkylation sites (tertiary alicyclic amines) is 1. The highest BCUT2D eigenvalue weighted by molar-refractivity contribution is 7.88. The first-order valence-corrected chi connectivity index (χ1v) is 18.2. The van der Waals surface area contributed by atoms with Crippen molar-refractivity contribution in [2.45, 2.75) is 82.3 Å². The molecule has 2 aromatic carbocycles. The second-order valence-corrected chi connectivity index (χ2v) is 15.5. The van der Waals surface area contributed by atoms with Crippen LogP contribution < -0.4 is 14.2 Å². The van der Waals surface area contributed by atoms with Crippen LogP contribution in [0.25, 0.3) is 22.2 Å². The average molecular weight is 648 g/mol. The van der Waals surface area contributed by atoms with Crippen molar-refractivity contribution in [2.24, 2.45) is 5.41 Å². The number of ether oxygens (including phenoxy) is 1. The highest BCUT2D eigenvalue weighted by Crippen LogP contribution is 2.53. The van der Waals surface area contributed by atoms with Gasteiger partial charge in [-0.1, -0.05) is 25.3 Å². The molecule has 4 aliphatic rings. The van der Waals surface area contributed by atoms with Gasteiger partial charge in [0.2, 0.25) is 5.91 Å². The van der Waals surface area contributed by atoms with Crippen LogP contribution in [0.3, 0.4) is 0 Å². The molecule has 2 bridgehead atoms. The van der Waals surface area contributed by atoms with Crippen molar-refractivity contribution in [1.29, 1.82) is 0 Å². The van der Waals surface area contributed by atoms with Crippen LogP contribution in [0.2, 0.25) is 0 Å². The lowest BCUT2D eigenvalue weighted by atomic mass is 9.81. The Kier molecular flexibility index (Phi) is 8.13. The van der Waals surface area contributed by atoms with Crippen molar-refractivity contribution in [2.75, 3.05) is 34.3 Å². The minimum atomic E-state index is -3.97. The molecular weight excluding hydrogens is 602 g/mol. The van der Waals surface area contributed by atoms with Crippen molar-refractivity contribution >= 4 is 32.9 Å². The van der Waals surface area contributed by atoms with Gasteiger partial charge < -0.3 is 19.1 Å². The first kappa shape index (κ1) is 31.2. The minimum Gasteiger partial charge on any atom is -0.497 e. The van der Waals surface area contributed by atoms with E-state index in [1.54, 1.807) is 13.2 Å². The molecular formula is C35H45N5O5S. The number of carbonyl (C=O) groups is 2. The molecule has 46 heavy (non-hydrogen) atoms. The number of rotatable bonds is 9. The van der Waals surface area contributed by atoms with E-state index in [-0.39, 0.29) is 23.6 Å². The molecule has 246 valence electrons. The second-order valence-electron chi connectivity index (χ2n) is 13.9. The third-order valence-corrected chi connectivity index (χ3v) is 11.9. The molecule has 2 saturated heterocycles. The van der Waals surface area contributed by atoms with Crippen molar-refractivity contribution in [3.8, 4) is 17.0 Å². The third-order valence-electron chi connectivity index (χ3n) is 10.9. The Hall–Kier alpha value is -3.41. The summed E-state index contributed by atoms with van der Waals surface area (Å²) >= 11 is 0. The van der Waals surface area contributed by atoms with Crippen LogP contribution >= 0.6 is 0 Å². The molecule has 7 rings (SSSR count). The van der Waals surface area contributed by atoms with Gasteiger partial charge in [-0.25, -0.2) is 9.44 Å². The SMILES string of the molecule is CNS(=O)(=O)NC(=O)c1ccc2c(C3CCCCC3)c(-c3ccc(OC)cc3)n(CC3(C(=O)N4C5CCC4CN(C)C5)CC3)c2c1. The first-order chi connectivity index (χ1) is 22.1. The van der Waals surface area contributed by atoms with E-state index in [1.165, 1.54) is 19.0 Å². The number of benzene rings is 2. The topological polar surface area (TPSA) is 113 Å². The molecule has 3 heterocycles. The van der Waals surface area contributed by atoms with Crippen molar-refractivity contribution < 1.29 is 22.7 Å². The molecule has 2 unspecified atom stereocenters. The first-order valence-electron chi connectivity index (χ1n) is 16.7. The quantitative estimate of drug-likeness (QED) is 0.350. The summed E-state index contributed by atoms with van der Waals surface area (Å²) in [5, 5.41) is 1.06. The lowest BCUT2D eigenvalue weighted by molar-refractivity contribution is -0.143. The van der Waals surface area contributed by atoms with E-state index in [0.29, 0.717) is 12.5 Å². The highest BCUT2D eigenvalue weighted by atomic mass is 32.2. The van der Waals surface area contributed by atoms with Crippen molar-refractivity contribution in [1.82, 2.24) is 23.8 Å². The number of likely N-dealkylation sites (N-methyl/N-ethyl adjacent to an activating group) is 1. The number of methoxy groups -OCH3 is 1. The molecule has 4 fully saturated rings. The molecule has 2 aliphatic carbocycles. The Bertz CT molecular complexity index is 1740. The predicted molar refractivity (Wildman–Crippen MR) is 178 cm³/mol. The van der Waals surface area contributed by atoms with E-state index in [2.05, 4.69) is 43.0 Å². The van der Waals surface area contributed by atoms with Gasteiger partial charge in [0.15, 0.2) is 0 Å². The van der Waals surface area contributed by atoms with Crippen LogP contribution in [0.4, 0.5) is 0 Å². The van der Waals surface area contributed by atoms with Gasteiger partial charge in [-0.05, 0) is 99.0 Å². The van der Waals surface area contributed by atoms with E-state index in [0.717, 1.165) is 92.4 Å². The van der Waals surface area contributed by atoms with Gasteiger partial charge in [0.05, 0.1) is 18.2 Å². The molecule has 0 radical (unpaired) electrons. The maximum atomic E-state index is 14.5. The molecule has 1 aromatic heterocycles. The number of piperazine rings is 1. The summed E-state index contributed by atoms with van der Waals surface area (Å²) in [7, 11) is 1.10. The van der Waals surface area contributed by atoms with Crippen molar-refractivity contribution in [3.05, 3.63) is 53.6 Å². The van der Waals surface area contributed by atoms with E-state index in [9.17, 15) is 18.0 Å². The molecule has 2 atom stereocenters. The Balaban J connectivity index is 1.38. The van der Waals surface area contributed by atoms with Crippen LogP contribution in [0, 0.1) is 5.41 Å². The summed E-state index contributed by atoms with van der Waals surface area (Å²) in [6, 6.07) is 14.2. The number of hydrogen-bond acceptors (Lipinski definition) is 6. The van der Waals surface area contributed by atoms with Gasteiger partial charge in [-0.15, -0.1) is 0 Å². The van der Waals surface area contributed by atoms with Gasteiger partial charge in [0.1, 0.15) is 5.75 Å². The van der Waals surface area contributed by atoms with E-state index in [4.69, 9.17) is 4.74 Å². The molecule has 11 heteroatoms. The number of aromatic nitrogens is 1. The number of carbonyl (C=O) groups excluding carboxylic acids is 2. The van der Waals surface area contributed by atoms with Gasteiger partial charge in [-0.3, -0.25) is 9.59 Å². The standard InChI is InChI=1S/C35H45N5O5S/c1-36-46(43,44)37-33(41)25-11-16-29-30(19-25)39(22-35(17-18-35)34(42)40-26-12-13-27(40)21-38(2)20-26)32(24-9-14-28(45-3)15-10-24)31(29)23-7-5-4-6-8-23/h9-11,14-16,19,23,26-27,36H,4-8,12-13,17-18,20-22H2,1-3H3,(H,37,41). The molecule has 2 amide bonds. The Morgan fingerprint density at radius 1 is 0.957 bits per heavy atom. The van der Waals surface area contributed by atoms with Gasteiger partial charge in [0.25, 0.3) is 5.91 Å². The largest absolute Gasteiger partial charge is 0.497 e. The van der Waals surface area contributed by atoms with Crippen LogP contribution in [-0.2, 0) is 21.5 Å². The zero-order chi connectivity index (χ0) is 32.2. The molecule has 2 saturated carbocycles. The number of nitrogens with zero attached hydrogens (tertiary/aromatic N) is 3. The zero-order valence-corrected chi connectivity index (χ0v) is 27.9. The maximum Gasteiger partial charge on any atom is 0.301 e. The molecule has 3 aromatic rings. The third kappa shape index (κ3) is 5.60. The highest BCUT2D eigenvalue weighted by Gasteiger charge is 2.56. The fourth-order valence-corrected chi connectivity index (χ4v) is 8.85. The Labute approximate surface area is 271 Å². The fraction of sp³-hybridized carbons (Fsp3) is 0.543. The van der Waals surface area contributed by atoms with Crippen LogP contribution in [0.1, 0.15) is 79.6 Å². The van der Waals surface area contributed by atoms with E-state index in [1.807, 2.05) is 24.3 Å². The number of amides is 2. The lowest BCUT2D eigenvalue weighted by Crippen LogP contribution is -2.56. The second kappa shape index (κ2) is 12.0. The molecule has 10 nitrogen and oxygen atoms in total. The number of fused-ring (bicyclic) bond motifs is 3. The molecule has 2 N–H and O–H groups in total. The summed E-state index contributed by atoms with van der Waals surface area (Å²) < 4.78 is 36.5. The Morgan fingerprint density at radius 3 is 2.24 bits per heavy atom. The van der Waals surface area contributed by atoms with Gasteiger partial charge in [-0.2, -0.15) is 8.42 Å². The summed E-state index contributed by atoms with van der Waals surface area (Å²) in [5.74, 6) is 0.692. The smallest absolute Gasteiger partial charge is 0.301 e. The average Bonchev–Trinajstić information content (AvgIpc) is 3.71. The summed E-state index contributed by atoms with van der Waals surface area (Å²) in [5.41, 5.74) is 4.02. The van der Waals surface area contributed by atoms with Crippen LogP contribution in [0.5, 0.6) is 5.75 Å². The van der Waals surface area contributed by atoms with Crippen LogP contribution in [0.15, 0.2) is 42.5 Å². The normalized spacial score (nSPS) is 23.1. The summed E-state index contributed by atoms with van der Waals surface area (Å²) in [6.45, 7) is 2.35. The monoisotopic (exact) mass is 647 g/mol. The summed E-state index contributed by atoms with van der Waals surface area (Å²) in [6.07, 6.45) is 9.49.